The number of hydroxylamine groups is 1. The molecule has 3 rings (SSSR count). The Kier molecular flexibility index (Phi) is 11.6. The average molecular weight is 575 g/mol. The second kappa shape index (κ2) is 15.1. The number of fused-ring (bicyclic) bond motifs is 1. The zero-order valence-electron chi connectivity index (χ0n) is 25.0. The zero-order valence-corrected chi connectivity index (χ0v) is 25.0. The fourth-order valence-corrected chi connectivity index (χ4v) is 4.34. The zero-order chi connectivity index (χ0) is 30.7. The van der Waals surface area contributed by atoms with Crippen molar-refractivity contribution in [3.8, 4) is 0 Å². The van der Waals surface area contributed by atoms with Crippen molar-refractivity contribution < 1.29 is 24.0 Å². The Morgan fingerprint density at radius 3 is 2.14 bits per heavy atom. The molecule has 0 aliphatic carbocycles. The number of carbonyl (C=O) groups excluding carboxylic acids is 4. The molecule has 0 saturated heterocycles. The molecule has 0 aliphatic rings. The summed E-state index contributed by atoms with van der Waals surface area (Å²) in [5.41, 5.74) is 3.63. The molecular weight excluding hydrogens is 532 g/mol. The number of rotatable bonds is 13. The number of carbonyl (C=O) groups is 4. The number of amides is 4. The predicted octanol–water partition coefficient (Wildman–Crippen LogP) is 3.95. The molecule has 0 aromatic heterocycles. The van der Waals surface area contributed by atoms with E-state index in [1.165, 1.54) is 0 Å². The third kappa shape index (κ3) is 10.3. The molecular formula is C33H42N4O5. The molecule has 3 aromatic rings. The lowest BCUT2D eigenvalue weighted by Gasteiger charge is -2.26. The minimum atomic E-state index is -1.20. The van der Waals surface area contributed by atoms with E-state index in [1.54, 1.807) is 20.8 Å². The van der Waals surface area contributed by atoms with Gasteiger partial charge in [0, 0.05) is 13.0 Å². The van der Waals surface area contributed by atoms with Crippen LogP contribution in [0.5, 0.6) is 0 Å². The van der Waals surface area contributed by atoms with Crippen molar-refractivity contribution in [1.82, 2.24) is 21.4 Å². The minimum absolute atomic E-state index is 0.132. The molecule has 4 N–H and O–H groups in total. The van der Waals surface area contributed by atoms with Gasteiger partial charge in [-0.1, -0.05) is 86.6 Å². The number of benzene rings is 3. The Hall–Kier alpha value is -4.24. The molecule has 3 aromatic carbocycles. The van der Waals surface area contributed by atoms with Crippen LogP contribution in [0.15, 0.2) is 72.8 Å². The minimum Gasteiger partial charge on any atom is -0.350 e. The van der Waals surface area contributed by atoms with E-state index in [1.807, 2.05) is 86.6 Å². The maximum atomic E-state index is 13.4. The highest BCUT2D eigenvalue weighted by Crippen LogP contribution is 2.18. The van der Waals surface area contributed by atoms with Gasteiger partial charge >= 0.3 is 0 Å². The maximum absolute atomic E-state index is 13.4. The van der Waals surface area contributed by atoms with Crippen LogP contribution in [-0.2, 0) is 37.0 Å². The first kappa shape index (κ1) is 32.3. The Labute approximate surface area is 247 Å². The summed E-state index contributed by atoms with van der Waals surface area (Å²) in [5, 5.41) is 10.5. The molecule has 2 atom stereocenters. The smallest absolute Gasteiger partial charge is 0.246 e. The van der Waals surface area contributed by atoms with E-state index >= 15 is 0 Å². The average Bonchev–Trinajstić information content (AvgIpc) is 2.96. The van der Waals surface area contributed by atoms with Crippen molar-refractivity contribution >= 4 is 34.4 Å². The van der Waals surface area contributed by atoms with Crippen molar-refractivity contribution in [2.24, 2.45) is 5.92 Å². The van der Waals surface area contributed by atoms with Crippen molar-refractivity contribution in [2.75, 3.05) is 0 Å². The predicted molar refractivity (Wildman–Crippen MR) is 163 cm³/mol. The van der Waals surface area contributed by atoms with Gasteiger partial charge in [-0.25, -0.2) is 5.48 Å². The number of hydrogen-bond acceptors (Lipinski definition) is 5. The monoisotopic (exact) mass is 574 g/mol. The van der Waals surface area contributed by atoms with Gasteiger partial charge in [0.05, 0.1) is 12.0 Å². The van der Waals surface area contributed by atoms with Gasteiger partial charge in [-0.05, 0) is 55.0 Å². The van der Waals surface area contributed by atoms with E-state index in [-0.39, 0.29) is 37.1 Å². The highest BCUT2D eigenvalue weighted by atomic mass is 16.7. The molecule has 0 spiro atoms. The van der Waals surface area contributed by atoms with E-state index in [0.717, 1.165) is 21.9 Å². The molecule has 2 unspecified atom stereocenters. The van der Waals surface area contributed by atoms with E-state index in [4.69, 9.17) is 4.84 Å². The van der Waals surface area contributed by atoms with Crippen LogP contribution >= 0.6 is 0 Å². The fraction of sp³-hybridized carbons (Fsp3) is 0.394. The van der Waals surface area contributed by atoms with Crippen LogP contribution in [0.3, 0.4) is 0 Å². The summed E-state index contributed by atoms with van der Waals surface area (Å²) in [6.45, 7) is 9.23. The number of hydrogen-bond donors (Lipinski definition) is 4. The summed E-state index contributed by atoms with van der Waals surface area (Å²) in [4.78, 5) is 57.5. The van der Waals surface area contributed by atoms with Crippen LogP contribution < -0.4 is 21.4 Å². The Balaban J connectivity index is 1.68. The lowest BCUT2D eigenvalue weighted by Crippen LogP contribution is -2.56. The van der Waals surface area contributed by atoms with Gasteiger partial charge in [0.2, 0.25) is 23.6 Å². The van der Waals surface area contributed by atoms with E-state index in [2.05, 4.69) is 21.4 Å². The molecule has 42 heavy (non-hydrogen) atoms. The molecule has 0 radical (unpaired) electrons. The highest BCUT2D eigenvalue weighted by molar-refractivity contribution is 5.95. The van der Waals surface area contributed by atoms with Gasteiger partial charge < -0.3 is 16.0 Å². The third-order valence-electron chi connectivity index (χ3n) is 6.58. The van der Waals surface area contributed by atoms with Crippen LogP contribution in [0.1, 0.15) is 58.6 Å². The number of nitrogens with one attached hydrogen (secondary N) is 4. The maximum Gasteiger partial charge on any atom is 0.246 e. The molecule has 0 aliphatic heterocycles. The van der Waals surface area contributed by atoms with Gasteiger partial charge in [-0.2, -0.15) is 0 Å². The lowest BCUT2D eigenvalue weighted by atomic mass is 10.0. The standard InChI is InChI=1S/C33H42N4O5/c1-22(2)30(32(41)34-21-25-16-11-15-24-14-9-10-17-26(24)25)36-31(40)27(20-29(39)37-42-33(3,4)5)35-28(38)19-18-23-12-7-6-8-13-23/h6-17,22,27,30H,18-21H2,1-5H3,(H,34,41)(H,35,38)(H,36,40)(H,37,39). The molecule has 0 saturated carbocycles. The third-order valence-corrected chi connectivity index (χ3v) is 6.58. The van der Waals surface area contributed by atoms with Gasteiger partial charge in [0.15, 0.2) is 0 Å². The Morgan fingerprint density at radius 2 is 1.45 bits per heavy atom. The normalized spacial score (nSPS) is 12.8. The summed E-state index contributed by atoms with van der Waals surface area (Å²) in [5.74, 6) is -2.21. The summed E-state index contributed by atoms with van der Waals surface area (Å²) in [6.07, 6.45) is 0.250. The second-order valence-corrected chi connectivity index (χ2v) is 11.6. The Bertz CT molecular complexity index is 1360. The fourth-order valence-electron chi connectivity index (χ4n) is 4.34. The van der Waals surface area contributed by atoms with Crippen LogP contribution in [0, 0.1) is 5.92 Å². The molecule has 0 fully saturated rings. The lowest BCUT2D eigenvalue weighted by molar-refractivity contribution is -0.147. The summed E-state index contributed by atoms with van der Waals surface area (Å²) in [7, 11) is 0. The number of aryl methyl sites for hydroxylation is 1. The molecule has 224 valence electrons. The summed E-state index contributed by atoms with van der Waals surface area (Å²) < 4.78 is 0. The van der Waals surface area contributed by atoms with Gasteiger partial charge in [-0.3, -0.25) is 24.0 Å². The van der Waals surface area contributed by atoms with Crippen LogP contribution in [0.2, 0.25) is 0 Å². The second-order valence-electron chi connectivity index (χ2n) is 11.6. The van der Waals surface area contributed by atoms with E-state index < -0.39 is 29.5 Å². The molecule has 0 bridgehead atoms. The summed E-state index contributed by atoms with van der Waals surface area (Å²) in [6, 6.07) is 21.2. The first-order valence-corrected chi connectivity index (χ1v) is 14.3. The van der Waals surface area contributed by atoms with Gasteiger partial charge in [0.1, 0.15) is 12.1 Å². The first-order chi connectivity index (χ1) is 19.9. The van der Waals surface area contributed by atoms with Crippen LogP contribution in [0.4, 0.5) is 0 Å². The molecule has 0 heterocycles. The largest absolute Gasteiger partial charge is 0.350 e. The molecule has 9 nitrogen and oxygen atoms in total. The van der Waals surface area contributed by atoms with Crippen molar-refractivity contribution in [1.29, 1.82) is 0 Å². The van der Waals surface area contributed by atoms with Gasteiger partial charge in [-0.15, -0.1) is 0 Å². The van der Waals surface area contributed by atoms with Crippen LogP contribution in [-0.4, -0.2) is 41.3 Å². The van der Waals surface area contributed by atoms with Crippen molar-refractivity contribution in [3.63, 3.8) is 0 Å². The van der Waals surface area contributed by atoms with E-state index in [9.17, 15) is 19.2 Å². The van der Waals surface area contributed by atoms with Gasteiger partial charge in [0.25, 0.3) is 0 Å². The summed E-state index contributed by atoms with van der Waals surface area (Å²) >= 11 is 0. The Morgan fingerprint density at radius 1 is 0.786 bits per heavy atom. The molecule has 4 amide bonds. The SMILES string of the molecule is CC(C)C(NC(=O)C(CC(=O)NOC(C)(C)C)NC(=O)CCc1ccccc1)C(=O)NCc1cccc2ccccc12. The highest BCUT2D eigenvalue weighted by Gasteiger charge is 2.30. The topological polar surface area (TPSA) is 126 Å². The van der Waals surface area contributed by atoms with Crippen molar-refractivity contribution in [2.45, 2.75) is 78.1 Å². The molecule has 9 heteroatoms. The van der Waals surface area contributed by atoms with Crippen LogP contribution in [0.25, 0.3) is 10.8 Å². The quantitative estimate of drug-likeness (QED) is 0.230. The van der Waals surface area contributed by atoms with E-state index in [0.29, 0.717) is 6.42 Å². The first-order valence-electron chi connectivity index (χ1n) is 14.3. The van der Waals surface area contributed by atoms with Crippen molar-refractivity contribution in [3.05, 3.63) is 83.9 Å².